The first kappa shape index (κ1) is 12.5. The molecule has 1 aromatic carbocycles. The number of rotatable bonds is 1. The lowest BCUT2D eigenvalue weighted by Gasteiger charge is -2.06. The third kappa shape index (κ3) is 1.99. The number of aromatic nitrogens is 2. The number of carbonyl (C=O) groups excluding carboxylic acids is 1. The largest absolute Gasteiger partial charge is 0.465 e. The highest BCUT2D eigenvalue weighted by Gasteiger charge is 2.09. The zero-order valence-corrected chi connectivity index (χ0v) is 11.6. The number of nitrogens with zero attached hydrogens (tertiary/aromatic N) is 2. The van der Waals surface area contributed by atoms with E-state index >= 15 is 0 Å². The molecule has 3 rings (SSSR count). The van der Waals surface area contributed by atoms with Gasteiger partial charge in [0.1, 0.15) is 0 Å². The molecule has 2 aromatic heterocycles. The van der Waals surface area contributed by atoms with Crippen molar-refractivity contribution in [3.05, 3.63) is 47.2 Å². The normalized spacial score (nSPS) is 10.9. The highest BCUT2D eigenvalue weighted by molar-refractivity contribution is 5.96. The van der Waals surface area contributed by atoms with Crippen LogP contribution in [0.25, 0.3) is 21.9 Å². The molecule has 0 fully saturated rings. The predicted molar refractivity (Wildman–Crippen MR) is 77.9 cm³/mol. The molecule has 0 amide bonds. The van der Waals surface area contributed by atoms with Crippen molar-refractivity contribution in [2.24, 2.45) is 0 Å². The summed E-state index contributed by atoms with van der Waals surface area (Å²) >= 11 is 0. The van der Waals surface area contributed by atoms with Gasteiger partial charge in [0.05, 0.1) is 18.2 Å². The number of fused-ring (bicyclic) bond motifs is 2. The lowest BCUT2D eigenvalue weighted by atomic mass is 10.0. The van der Waals surface area contributed by atoms with E-state index in [1.165, 1.54) is 24.4 Å². The van der Waals surface area contributed by atoms with Crippen molar-refractivity contribution in [3.63, 3.8) is 0 Å². The molecule has 100 valence electrons. The van der Waals surface area contributed by atoms with E-state index in [2.05, 4.69) is 35.9 Å². The second-order valence-corrected chi connectivity index (χ2v) is 4.88. The maximum absolute atomic E-state index is 11.5. The van der Waals surface area contributed by atoms with Gasteiger partial charge >= 0.3 is 5.97 Å². The highest BCUT2D eigenvalue weighted by atomic mass is 16.5. The van der Waals surface area contributed by atoms with Gasteiger partial charge in [0.25, 0.3) is 0 Å². The smallest absolute Gasteiger partial charge is 0.339 e. The van der Waals surface area contributed by atoms with Gasteiger partial charge in [-0.15, -0.1) is 0 Å². The number of esters is 1. The first-order valence-corrected chi connectivity index (χ1v) is 6.34. The Morgan fingerprint density at radius 2 is 1.80 bits per heavy atom. The van der Waals surface area contributed by atoms with Crippen LogP contribution in [0.5, 0.6) is 0 Å². The fourth-order valence-corrected chi connectivity index (χ4v) is 2.22. The Labute approximate surface area is 116 Å². The molecule has 0 saturated heterocycles. The molecule has 0 atom stereocenters. The lowest BCUT2D eigenvalue weighted by molar-refractivity contribution is 0.0600. The van der Waals surface area contributed by atoms with Gasteiger partial charge in [-0.05, 0) is 49.2 Å². The van der Waals surface area contributed by atoms with Gasteiger partial charge < -0.3 is 4.74 Å². The highest BCUT2D eigenvalue weighted by Crippen LogP contribution is 2.22. The van der Waals surface area contributed by atoms with E-state index in [1.54, 1.807) is 6.07 Å². The van der Waals surface area contributed by atoms with Gasteiger partial charge in [0.15, 0.2) is 5.65 Å². The third-order valence-electron chi connectivity index (χ3n) is 3.50. The van der Waals surface area contributed by atoms with E-state index < -0.39 is 0 Å². The molecule has 20 heavy (non-hydrogen) atoms. The molecule has 0 aliphatic carbocycles. The zero-order valence-electron chi connectivity index (χ0n) is 11.6. The number of pyridine rings is 2. The van der Waals surface area contributed by atoms with Crippen molar-refractivity contribution in [3.8, 4) is 0 Å². The Morgan fingerprint density at radius 1 is 1.05 bits per heavy atom. The SMILES string of the molecule is COC(=O)c1cnc2nc3cc(C)c(C)cc3cc2c1. The van der Waals surface area contributed by atoms with Crippen LogP contribution >= 0.6 is 0 Å². The van der Waals surface area contributed by atoms with Crippen molar-refractivity contribution in [1.82, 2.24) is 9.97 Å². The van der Waals surface area contributed by atoms with Gasteiger partial charge in [-0.2, -0.15) is 0 Å². The summed E-state index contributed by atoms with van der Waals surface area (Å²) in [5, 5.41) is 1.88. The monoisotopic (exact) mass is 266 g/mol. The maximum atomic E-state index is 11.5. The van der Waals surface area contributed by atoms with E-state index in [0.717, 1.165) is 16.3 Å². The number of methoxy groups -OCH3 is 1. The minimum atomic E-state index is -0.389. The Kier molecular flexibility index (Phi) is 2.86. The first-order valence-electron chi connectivity index (χ1n) is 6.34. The molecule has 3 aromatic rings. The third-order valence-corrected chi connectivity index (χ3v) is 3.50. The molecule has 0 aliphatic rings. The summed E-state index contributed by atoms with van der Waals surface area (Å²) in [6.45, 7) is 4.14. The van der Waals surface area contributed by atoms with Crippen LogP contribution in [0.15, 0.2) is 30.5 Å². The molecule has 2 heterocycles. The van der Waals surface area contributed by atoms with Gasteiger partial charge in [0, 0.05) is 17.0 Å². The van der Waals surface area contributed by atoms with Crippen LogP contribution in [-0.2, 0) is 4.74 Å². The molecule has 4 nitrogen and oxygen atoms in total. The van der Waals surface area contributed by atoms with Crippen LogP contribution in [-0.4, -0.2) is 23.0 Å². The Bertz CT molecular complexity index is 841. The van der Waals surface area contributed by atoms with E-state index in [0.29, 0.717) is 11.2 Å². The summed E-state index contributed by atoms with van der Waals surface area (Å²) in [6, 6.07) is 7.92. The summed E-state index contributed by atoms with van der Waals surface area (Å²) in [5.74, 6) is -0.389. The molecular weight excluding hydrogens is 252 g/mol. The Hall–Kier alpha value is -2.49. The van der Waals surface area contributed by atoms with E-state index in [9.17, 15) is 4.79 Å². The van der Waals surface area contributed by atoms with Crippen molar-refractivity contribution in [2.75, 3.05) is 7.11 Å². The van der Waals surface area contributed by atoms with Crippen LogP contribution in [0, 0.1) is 13.8 Å². The van der Waals surface area contributed by atoms with E-state index in [1.807, 2.05) is 6.07 Å². The fraction of sp³-hybridized carbons (Fsp3) is 0.188. The van der Waals surface area contributed by atoms with Crippen LogP contribution < -0.4 is 0 Å². The topological polar surface area (TPSA) is 52.1 Å². The molecule has 0 aliphatic heterocycles. The molecular formula is C16H14N2O2. The number of aryl methyl sites for hydroxylation is 2. The van der Waals surface area contributed by atoms with Crippen LogP contribution in [0.2, 0.25) is 0 Å². The van der Waals surface area contributed by atoms with Gasteiger partial charge in [-0.25, -0.2) is 14.8 Å². The van der Waals surface area contributed by atoms with Crippen LogP contribution in [0.3, 0.4) is 0 Å². The Morgan fingerprint density at radius 3 is 2.55 bits per heavy atom. The molecule has 0 N–H and O–H groups in total. The van der Waals surface area contributed by atoms with Crippen LogP contribution in [0.1, 0.15) is 21.5 Å². The molecule has 0 spiro atoms. The second-order valence-electron chi connectivity index (χ2n) is 4.88. The maximum Gasteiger partial charge on any atom is 0.339 e. The summed E-state index contributed by atoms with van der Waals surface area (Å²) < 4.78 is 4.71. The number of hydrogen-bond donors (Lipinski definition) is 0. The van der Waals surface area contributed by atoms with Gasteiger partial charge in [0.2, 0.25) is 0 Å². The summed E-state index contributed by atoms with van der Waals surface area (Å²) in [7, 11) is 1.36. The number of hydrogen-bond acceptors (Lipinski definition) is 4. The summed E-state index contributed by atoms with van der Waals surface area (Å²) in [5.41, 5.74) is 4.41. The fourth-order valence-electron chi connectivity index (χ4n) is 2.22. The summed E-state index contributed by atoms with van der Waals surface area (Å²) in [6.07, 6.45) is 1.49. The summed E-state index contributed by atoms with van der Waals surface area (Å²) in [4.78, 5) is 20.3. The Balaban J connectivity index is 2.28. The van der Waals surface area contributed by atoms with Gasteiger partial charge in [-0.1, -0.05) is 0 Å². The molecule has 0 saturated carbocycles. The molecule has 0 unspecified atom stereocenters. The second kappa shape index (κ2) is 4.56. The van der Waals surface area contributed by atoms with E-state index in [4.69, 9.17) is 4.74 Å². The average Bonchev–Trinajstić information content (AvgIpc) is 2.45. The van der Waals surface area contributed by atoms with Crippen molar-refractivity contribution >= 4 is 27.9 Å². The van der Waals surface area contributed by atoms with Crippen LogP contribution in [0.4, 0.5) is 0 Å². The minimum absolute atomic E-state index is 0.389. The average molecular weight is 266 g/mol. The molecule has 4 heteroatoms. The zero-order chi connectivity index (χ0) is 14.3. The number of carbonyl (C=O) groups is 1. The van der Waals surface area contributed by atoms with Crippen molar-refractivity contribution in [1.29, 1.82) is 0 Å². The van der Waals surface area contributed by atoms with E-state index in [-0.39, 0.29) is 5.97 Å². The standard InChI is InChI=1S/C16H14N2O2/c1-9-4-11-6-12-7-13(16(19)20-3)8-17-15(12)18-14(11)5-10(9)2/h4-8H,1-3H3. The number of benzene rings is 1. The van der Waals surface area contributed by atoms with Crippen molar-refractivity contribution < 1.29 is 9.53 Å². The lowest BCUT2D eigenvalue weighted by Crippen LogP contribution is -2.02. The minimum Gasteiger partial charge on any atom is -0.465 e. The molecule has 0 bridgehead atoms. The predicted octanol–water partition coefficient (Wildman–Crippen LogP) is 3.19. The number of ether oxygens (including phenoxy) is 1. The molecule has 0 radical (unpaired) electrons. The van der Waals surface area contributed by atoms with Gasteiger partial charge in [-0.3, -0.25) is 0 Å². The first-order chi connectivity index (χ1) is 9.58. The van der Waals surface area contributed by atoms with Crippen molar-refractivity contribution in [2.45, 2.75) is 13.8 Å². The quantitative estimate of drug-likeness (QED) is 0.501.